The highest BCUT2D eigenvalue weighted by atomic mass is 32.2. The molecule has 0 saturated carbocycles. The molecule has 1 N–H and O–H groups in total. The molecular weight excluding hydrogens is 417 g/mol. The summed E-state index contributed by atoms with van der Waals surface area (Å²) in [6, 6.07) is 11.9. The van der Waals surface area contributed by atoms with Crippen LogP contribution in [0.15, 0.2) is 52.3 Å². The van der Waals surface area contributed by atoms with Crippen molar-refractivity contribution in [3.8, 4) is 11.5 Å². The smallest absolute Gasteiger partial charge is 0.271 e. The Hall–Kier alpha value is -3.00. The van der Waals surface area contributed by atoms with Gasteiger partial charge in [-0.25, -0.2) is 9.38 Å². The first-order chi connectivity index (χ1) is 14.9. The monoisotopic (exact) mass is 441 g/mol. The van der Waals surface area contributed by atoms with E-state index in [1.807, 2.05) is 43.7 Å². The van der Waals surface area contributed by atoms with E-state index < -0.39 is 0 Å². The molecule has 4 rings (SSSR count). The number of benzene rings is 2. The number of rotatable bonds is 6. The maximum Gasteiger partial charge on any atom is 0.271 e. The molecule has 8 heteroatoms. The highest BCUT2D eigenvalue weighted by Gasteiger charge is 2.31. The molecule has 0 unspecified atom stereocenters. The van der Waals surface area contributed by atoms with Gasteiger partial charge in [0.2, 0.25) is 0 Å². The fraction of sp³-hybridized carbons (Fsp3) is 0.304. The van der Waals surface area contributed by atoms with E-state index in [-0.39, 0.29) is 22.7 Å². The second kappa shape index (κ2) is 8.63. The third-order valence-corrected chi connectivity index (χ3v) is 6.24. The van der Waals surface area contributed by atoms with Gasteiger partial charge in [0, 0.05) is 6.04 Å². The summed E-state index contributed by atoms with van der Waals surface area (Å²) < 4.78 is 26.4. The number of halogens is 1. The topological polar surface area (TPSA) is 68.6 Å². The second-order valence-corrected chi connectivity index (χ2v) is 8.89. The normalized spacial score (nSPS) is 15.5. The average molecular weight is 442 g/mol. The number of H-pyrrole nitrogens is 1. The maximum absolute atomic E-state index is 13.1. The molecule has 0 fully saturated rings. The van der Waals surface area contributed by atoms with Gasteiger partial charge < -0.3 is 9.47 Å². The zero-order valence-corrected chi connectivity index (χ0v) is 18.6. The van der Waals surface area contributed by atoms with E-state index in [4.69, 9.17) is 9.47 Å². The first-order valence-electron chi connectivity index (χ1n) is 9.99. The number of nitrogens with zero attached hydrogens (tertiary/aromatic N) is 2. The highest BCUT2D eigenvalue weighted by Crippen LogP contribution is 2.45. The van der Waals surface area contributed by atoms with Gasteiger partial charge in [0.1, 0.15) is 12.4 Å². The zero-order chi connectivity index (χ0) is 22.1. The van der Waals surface area contributed by atoms with Crippen molar-refractivity contribution in [2.75, 3.05) is 7.11 Å². The number of fused-ring (bicyclic) bond motifs is 1. The summed E-state index contributed by atoms with van der Waals surface area (Å²) in [6.45, 7) is 6.25. The average Bonchev–Trinajstić information content (AvgIpc) is 3.09. The molecule has 2 aromatic carbocycles. The van der Waals surface area contributed by atoms with Crippen LogP contribution in [-0.2, 0) is 6.61 Å². The lowest BCUT2D eigenvalue weighted by Crippen LogP contribution is -2.13. The van der Waals surface area contributed by atoms with Gasteiger partial charge in [0.15, 0.2) is 17.3 Å². The van der Waals surface area contributed by atoms with Crippen molar-refractivity contribution in [2.45, 2.75) is 38.7 Å². The third kappa shape index (κ3) is 4.25. The molecule has 162 valence electrons. The van der Waals surface area contributed by atoms with Crippen LogP contribution in [0.4, 0.5) is 10.2 Å². The van der Waals surface area contributed by atoms with Crippen molar-refractivity contribution in [1.82, 2.24) is 9.78 Å². The molecule has 1 aliphatic rings. The van der Waals surface area contributed by atoms with E-state index in [2.05, 4.69) is 10.1 Å². The zero-order valence-electron chi connectivity index (χ0n) is 17.8. The Morgan fingerprint density at radius 1 is 1.19 bits per heavy atom. The molecule has 0 radical (unpaired) electrons. The summed E-state index contributed by atoms with van der Waals surface area (Å²) in [4.78, 5) is 17.4. The van der Waals surface area contributed by atoms with E-state index in [1.54, 1.807) is 31.0 Å². The van der Waals surface area contributed by atoms with Crippen LogP contribution in [0.2, 0.25) is 0 Å². The lowest BCUT2D eigenvalue weighted by atomic mass is 10.1. The Morgan fingerprint density at radius 3 is 2.61 bits per heavy atom. The maximum atomic E-state index is 13.1. The van der Waals surface area contributed by atoms with Gasteiger partial charge in [-0.1, -0.05) is 30.0 Å². The van der Waals surface area contributed by atoms with Gasteiger partial charge in [0.25, 0.3) is 5.56 Å². The van der Waals surface area contributed by atoms with Gasteiger partial charge >= 0.3 is 0 Å². The molecule has 1 atom stereocenters. The van der Waals surface area contributed by atoms with Crippen LogP contribution in [-0.4, -0.2) is 21.9 Å². The largest absolute Gasteiger partial charge is 0.493 e. The number of hydrogen-bond donors (Lipinski definition) is 1. The number of ether oxygens (including phenoxy) is 2. The quantitative estimate of drug-likeness (QED) is 0.558. The molecular formula is C23H24FN3O3S. The Bertz CT molecular complexity index is 1180. The summed E-state index contributed by atoms with van der Waals surface area (Å²) in [5, 5.41) is 3.61. The number of methoxy groups -OCH3 is 1. The molecule has 1 aromatic heterocycles. The minimum Gasteiger partial charge on any atom is -0.493 e. The van der Waals surface area contributed by atoms with E-state index in [1.165, 1.54) is 12.1 Å². The number of aromatic amines is 1. The van der Waals surface area contributed by atoms with Crippen molar-refractivity contribution in [1.29, 1.82) is 0 Å². The van der Waals surface area contributed by atoms with Crippen molar-refractivity contribution >= 4 is 22.6 Å². The second-order valence-electron chi connectivity index (χ2n) is 7.60. The van der Waals surface area contributed by atoms with Crippen LogP contribution < -0.4 is 15.0 Å². The van der Waals surface area contributed by atoms with E-state index in [9.17, 15) is 9.18 Å². The number of nitrogens with one attached hydrogen (secondary N) is 1. The molecule has 31 heavy (non-hydrogen) atoms. The highest BCUT2D eigenvalue weighted by molar-refractivity contribution is 8.14. The van der Waals surface area contributed by atoms with Crippen LogP contribution in [0.25, 0.3) is 0 Å². The molecule has 0 aliphatic carbocycles. The van der Waals surface area contributed by atoms with Gasteiger partial charge in [-0.15, -0.1) is 0 Å². The lowest BCUT2D eigenvalue weighted by molar-refractivity contribution is 0.284. The van der Waals surface area contributed by atoms with Crippen molar-refractivity contribution < 1.29 is 13.9 Å². The molecule has 2 heterocycles. The molecule has 1 aliphatic heterocycles. The predicted molar refractivity (Wildman–Crippen MR) is 121 cm³/mol. The summed E-state index contributed by atoms with van der Waals surface area (Å²) in [5.74, 6) is 1.55. The number of thioether (sulfide) groups is 1. The number of hydrogen-bond acceptors (Lipinski definition) is 5. The van der Waals surface area contributed by atoms with Crippen molar-refractivity contribution in [3.05, 3.63) is 75.3 Å². The fourth-order valence-corrected chi connectivity index (χ4v) is 4.62. The summed E-state index contributed by atoms with van der Waals surface area (Å²) in [5.41, 5.74) is 2.30. The van der Waals surface area contributed by atoms with E-state index in [0.717, 1.165) is 16.2 Å². The SMILES string of the molecule is COc1cc([C@@H]2SC(C)=Nc3c2c(=O)[nH]n3C(C)C)ccc1OCc1ccc(F)cc1. The van der Waals surface area contributed by atoms with Crippen LogP contribution in [0.5, 0.6) is 11.5 Å². The molecule has 0 amide bonds. The fourth-order valence-electron chi connectivity index (χ4n) is 3.53. The number of aliphatic imine (C=N–C) groups is 1. The van der Waals surface area contributed by atoms with Gasteiger partial charge in [0.05, 0.1) is 23.0 Å². The molecule has 0 bridgehead atoms. The molecule has 0 saturated heterocycles. The minimum absolute atomic E-state index is 0.0912. The lowest BCUT2D eigenvalue weighted by Gasteiger charge is -2.22. The van der Waals surface area contributed by atoms with E-state index >= 15 is 0 Å². The van der Waals surface area contributed by atoms with Crippen LogP contribution in [0.3, 0.4) is 0 Å². The Balaban J connectivity index is 1.65. The third-order valence-electron chi connectivity index (χ3n) is 5.06. The standard InChI is InChI=1S/C23H24FN3O3S/c1-13(2)27-22-20(23(28)26-27)21(31-14(3)25-22)16-7-10-18(19(11-16)29-4)30-12-15-5-8-17(24)9-6-15/h5-11,13,21H,12H2,1-4H3,(H,26,28)/t21-/m0/s1. The number of aromatic nitrogens is 2. The van der Waals surface area contributed by atoms with Crippen LogP contribution >= 0.6 is 11.8 Å². The van der Waals surface area contributed by atoms with Gasteiger partial charge in [-0.3, -0.25) is 14.6 Å². The van der Waals surface area contributed by atoms with Crippen LogP contribution in [0.1, 0.15) is 48.8 Å². The molecule has 3 aromatic rings. The summed E-state index contributed by atoms with van der Waals surface area (Å²) in [7, 11) is 1.58. The van der Waals surface area contributed by atoms with Gasteiger partial charge in [-0.05, 0) is 56.2 Å². The van der Waals surface area contributed by atoms with Crippen molar-refractivity contribution in [2.24, 2.45) is 4.99 Å². The minimum atomic E-state index is -0.282. The summed E-state index contributed by atoms with van der Waals surface area (Å²) >= 11 is 1.54. The first-order valence-corrected chi connectivity index (χ1v) is 10.9. The Morgan fingerprint density at radius 2 is 1.94 bits per heavy atom. The summed E-state index contributed by atoms with van der Waals surface area (Å²) in [6.07, 6.45) is 0. The Labute approximate surface area is 184 Å². The van der Waals surface area contributed by atoms with E-state index in [0.29, 0.717) is 29.5 Å². The van der Waals surface area contributed by atoms with Gasteiger partial charge in [-0.2, -0.15) is 0 Å². The predicted octanol–water partition coefficient (Wildman–Crippen LogP) is 5.37. The Kier molecular flexibility index (Phi) is 5.91. The molecule has 0 spiro atoms. The molecule has 6 nitrogen and oxygen atoms in total. The first kappa shape index (κ1) is 21.2. The van der Waals surface area contributed by atoms with Crippen LogP contribution in [0, 0.1) is 5.82 Å². The van der Waals surface area contributed by atoms with Crippen molar-refractivity contribution in [3.63, 3.8) is 0 Å².